The lowest BCUT2D eigenvalue weighted by Crippen LogP contribution is -2.33. The van der Waals surface area contributed by atoms with Gasteiger partial charge in [-0.1, -0.05) is 39.4 Å². The number of rotatable bonds is 4. The zero-order valence-corrected chi connectivity index (χ0v) is 19.3. The first-order valence-electron chi connectivity index (χ1n) is 9.04. The normalized spacial score (nSPS) is 10.6. The number of halogens is 1. The molecule has 10 heteroatoms. The number of amides is 2. The maximum Gasteiger partial charge on any atom is 0.293 e. The molecule has 3 N–H and O–H groups in total. The minimum atomic E-state index is -0.463. The molecule has 7 nitrogen and oxygen atoms in total. The lowest BCUT2D eigenvalue weighted by molar-refractivity contribution is -0.114. The second kappa shape index (κ2) is 8.96. The van der Waals surface area contributed by atoms with Crippen LogP contribution in [0.3, 0.4) is 0 Å². The standard InChI is InChI=1S/C21H15BrN4O3S2/c1-11(27)23-14-6-7-15-18(10-14)31-21(24-15)26-20(30)25-19(28)17-9-8-16(29-17)12-2-4-13(22)5-3-12/h2-10H,1H3,(H,23,27)(H2,24,25,26,28,30). The number of fused-ring (bicyclic) bond motifs is 1. The molecule has 4 aromatic rings. The van der Waals surface area contributed by atoms with Crippen molar-refractivity contribution in [3.05, 3.63) is 64.8 Å². The first-order valence-corrected chi connectivity index (χ1v) is 11.1. The number of thiocarbonyl (C=S) groups is 1. The molecular weight excluding hydrogens is 500 g/mol. The van der Waals surface area contributed by atoms with Crippen LogP contribution in [-0.2, 0) is 4.79 Å². The molecule has 0 unspecified atom stereocenters. The van der Waals surface area contributed by atoms with Gasteiger partial charge >= 0.3 is 0 Å². The Bertz CT molecular complexity index is 1300. The van der Waals surface area contributed by atoms with Gasteiger partial charge in [0.25, 0.3) is 5.91 Å². The summed E-state index contributed by atoms with van der Waals surface area (Å²) in [4.78, 5) is 28.1. The minimum absolute atomic E-state index is 0.104. The third-order valence-electron chi connectivity index (χ3n) is 4.11. The van der Waals surface area contributed by atoms with Gasteiger partial charge in [-0.05, 0) is 54.7 Å². The van der Waals surface area contributed by atoms with Crippen molar-refractivity contribution in [1.29, 1.82) is 0 Å². The molecule has 0 spiro atoms. The van der Waals surface area contributed by atoms with E-state index in [1.54, 1.807) is 24.3 Å². The zero-order valence-electron chi connectivity index (χ0n) is 16.1. The average molecular weight is 515 g/mol. The summed E-state index contributed by atoms with van der Waals surface area (Å²) in [5.74, 6) is 0.117. The van der Waals surface area contributed by atoms with Gasteiger partial charge in [0.2, 0.25) is 5.91 Å². The van der Waals surface area contributed by atoms with Crippen molar-refractivity contribution in [3.63, 3.8) is 0 Å². The first-order chi connectivity index (χ1) is 14.9. The molecule has 0 aliphatic heterocycles. The highest BCUT2D eigenvalue weighted by atomic mass is 79.9. The molecule has 0 atom stereocenters. The maximum atomic E-state index is 12.5. The fourth-order valence-electron chi connectivity index (χ4n) is 2.78. The molecule has 2 aromatic carbocycles. The van der Waals surface area contributed by atoms with Gasteiger partial charge in [-0.2, -0.15) is 0 Å². The van der Waals surface area contributed by atoms with Gasteiger partial charge in [-0.15, -0.1) is 0 Å². The van der Waals surface area contributed by atoms with Crippen LogP contribution < -0.4 is 16.0 Å². The van der Waals surface area contributed by atoms with Crippen LogP contribution in [0.4, 0.5) is 10.8 Å². The molecule has 2 heterocycles. The van der Waals surface area contributed by atoms with Gasteiger partial charge in [0, 0.05) is 22.6 Å². The van der Waals surface area contributed by atoms with Crippen LogP contribution in [0.5, 0.6) is 0 Å². The summed E-state index contributed by atoms with van der Waals surface area (Å²) in [5, 5.41) is 8.86. The Morgan fingerprint density at radius 3 is 2.58 bits per heavy atom. The number of hydrogen-bond acceptors (Lipinski definition) is 6. The molecule has 0 radical (unpaired) electrons. The highest BCUT2D eigenvalue weighted by Gasteiger charge is 2.15. The fraction of sp³-hybridized carbons (Fsp3) is 0.0476. The summed E-state index contributed by atoms with van der Waals surface area (Å²) >= 11 is 9.97. The number of hydrogen-bond donors (Lipinski definition) is 3. The maximum absolute atomic E-state index is 12.5. The van der Waals surface area contributed by atoms with E-state index < -0.39 is 5.91 Å². The van der Waals surface area contributed by atoms with Gasteiger partial charge < -0.3 is 15.1 Å². The molecule has 0 bridgehead atoms. The van der Waals surface area contributed by atoms with E-state index in [1.165, 1.54) is 18.3 Å². The number of aromatic nitrogens is 1. The predicted octanol–water partition coefficient (Wildman–Crippen LogP) is 5.40. The Balaban J connectivity index is 1.41. The van der Waals surface area contributed by atoms with Crippen LogP contribution >= 0.6 is 39.5 Å². The van der Waals surface area contributed by atoms with Crippen molar-refractivity contribution in [2.75, 3.05) is 10.6 Å². The highest BCUT2D eigenvalue weighted by Crippen LogP contribution is 2.28. The van der Waals surface area contributed by atoms with Gasteiger partial charge in [-0.25, -0.2) is 4.98 Å². The van der Waals surface area contributed by atoms with Crippen LogP contribution in [0.1, 0.15) is 17.5 Å². The lowest BCUT2D eigenvalue weighted by atomic mass is 10.2. The van der Waals surface area contributed by atoms with E-state index >= 15 is 0 Å². The second-order valence-corrected chi connectivity index (χ2v) is 8.82. The van der Waals surface area contributed by atoms with E-state index in [2.05, 4.69) is 36.9 Å². The third kappa shape index (κ3) is 5.16. The van der Waals surface area contributed by atoms with E-state index in [-0.39, 0.29) is 16.8 Å². The zero-order chi connectivity index (χ0) is 22.0. The number of anilines is 2. The lowest BCUT2D eigenvalue weighted by Gasteiger charge is -2.05. The topological polar surface area (TPSA) is 96.3 Å². The molecule has 0 aliphatic rings. The average Bonchev–Trinajstić information content (AvgIpc) is 3.34. The largest absolute Gasteiger partial charge is 0.451 e. The van der Waals surface area contributed by atoms with E-state index in [1.807, 2.05) is 30.3 Å². The van der Waals surface area contributed by atoms with Gasteiger partial charge in [0.1, 0.15) is 5.76 Å². The van der Waals surface area contributed by atoms with Crippen molar-refractivity contribution >= 4 is 77.4 Å². The summed E-state index contributed by atoms with van der Waals surface area (Å²) in [6.07, 6.45) is 0. The molecule has 2 amide bonds. The van der Waals surface area contributed by atoms with Crippen molar-refractivity contribution < 1.29 is 14.0 Å². The van der Waals surface area contributed by atoms with Crippen molar-refractivity contribution in [2.45, 2.75) is 6.92 Å². The Kier molecular flexibility index (Phi) is 6.12. The molecule has 4 rings (SSSR count). The van der Waals surface area contributed by atoms with Gasteiger partial charge in [-0.3, -0.25) is 14.9 Å². The van der Waals surface area contributed by atoms with Crippen LogP contribution in [-0.4, -0.2) is 21.9 Å². The number of benzene rings is 2. The summed E-state index contributed by atoms with van der Waals surface area (Å²) in [6.45, 7) is 1.45. The number of thiazole rings is 1. The molecule has 0 aliphatic carbocycles. The Labute approximate surface area is 195 Å². The number of nitrogens with zero attached hydrogens (tertiary/aromatic N) is 1. The molecule has 31 heavy (non-hydrogen) atoms. The SMILES string of the molecule is CC(=O)Nc1ccc2nc(NC(=S)NC(=O)c3ccc(-c4ccc(Br)cc4)o3)sc2c1. The minimum Gasteiger partial charge on any atom is -0.451 e. The Morgan fingerprint density at radius 1 is 1.06 bits per heavy atom. The number of carbonyl (C=O) groups excluding carboxylic acids is 2. The molecule has 0 saturated heterocycles. The first kappa shape index (κ1) is 21.2. The predicted molar refractivity (Wildman–Crippen MR) is 129 cm³/mol. The van der Waals surface area contributed by atoms with Crippen LogP contribution in [0.25, 0.3) is 21.5 Å². The smallest absolute Gasteiger partial charge is 0.293 e. The monoisotopic (exact) mass is 514 g/mol. The summed E-state index contributed by atoms with van der Waals surface area (Å²) < 4.78 is 7.48. The molecule has 156 valence electrons. The highest BCUT2D eigenvalue weighted by molar-refractivity contribution is 9.10. The Hall–Kier alpha value is -3.08. The quantitative estimate of drug-likeness (QED) is 0.315. The van der Waals surface area contributed by atoms with Crippen molar-refractivity contribution in [2.24, 2.45) is 0 Å². The summed E-state index contributed by atoms with van der Waals surface area (Å²) in [7, 11) is 0. The summed E-state index contributed by atoms with van der Waals surface area (Å²) in [6, 6.07) is 16.3. The van der Waals surface area contributed by atoms with E-state index in [0.29, 0.717) is 16.6 Å². The number of furan rings is 1. The second-order valence-electron chi connectivity index (χ2n) is 6.46. The van der Waals surface area contributed by atoms with Crippen molar-refractivity contribution in [1.82, 2.24) is 10.3 Å². The molecule has 2 aromatic heterocycles. The third-order valence-corrected chi connectivity index (χ3v) is 5.78. The molecule has 0 saturated carbocycles. The molecular formula is C21H15BrN4O3S2. The van der Waals surface area contributed by atoms with Crippen LogP contribution in [0.15, 0.2) is 63.5 Å². The van der Waals surface area contributed by atoms with Gasteiger partial charge in [0.15, 0.2) is 16.0 Å². The molecule has 0 fully saturated rings. The van der Waals surface area contributed by atoms with Gasteiger partial charge in [0.05, 0.1) is 10.2 Å². The number of carbonyl (C=O) groups is 2. The van der Waals surface area contributed by atoms with E-state index in [0.717, 1.165) is 20.3 Å². The van der Waals surface area contributed by atoms with E-state index in [9.17, 15) is 9.59 Å². The van der Waals surface area contributed by atoms with Crippen LogP contribution in [0, 0.1) is 0 Å². The van der Waals surface area contributed by atoms with E-state index in [4.69, 9.17) is 16.6 Å². The van der Waals surface area contributed by atoms with Crippen LogP contribution in [0.2, 0.25) is 0 Å². The summed E-state index contributed by atoms with van der Waals surface area (Å²) in [5.41, 5.74) is 2.29. The van der Waals surface area contributed by atoms with Crippen molar-refractivity contribution in [3.8, 4) is 11.3 Å². The Morgan fingerprint density at radius 2 is 1.84 bits per heavy atom. The number of nitrogens with one attached hydrogen (secondary N) is 3. The fourth-order valence-corrected chi connectivity index (χ4v) is 4.21.